The minimum Gasteiger partial charge on any atom is -0.196 e. The molecule has 0 unspecified atom stereocenters. The van der Waals surface area contributed by atoms with Crippen LogP contribution in [0.5, 0.6) is 0 Å². The predicted octanol–water partition coefficient (Wildman–Crippen LogP) is 4.22. The number of allylic oxidation sites excluding steroid dienone is 2. The maximum absolute atomic E-state index is 13.8. The van der Waals surface area contributed by atoms with Gasteiger partial charge in [0.1, 0.15) is 0 Å². The first kappa shape index (κ1) is 11.2. The summed E-state index contributed by atoms with van der Waals surface area (Å²) in [4.78, 5) is 0. The number of fused-ring (bicyclic) bond motifs is 1. The van der Waals surface area contributed by atoms with Gasteiger partial charge in [0.25, 0.3) is 11.8 Å². The van der Waals surface area contributed by atoms with Crippen LogP contribution >= 0.6 is 0 Å². The van der Waals surface area contributed by atoms with Crippen LogP contribution < -0.4 is 0 Å². The van der Waals surface area contributed by atoms with E-state index < -0.39 is 34.1 Å². The van der Waals surface area contributed by atoms with E-state index in [1.807, 2.05) is 0 Å². The van der Waals surface area contributed by atoms with E-state index in [1.54, 1.807) is 0 Å². The van der Waals surface area contributed by atoms with Crippen molar-refractivity contribution in [2.45, 2.75) is 25.7 Å². The second-order valence-corrected chi connectivity index (χ2v) is 3.94. The molecule has 0 N–H and O–H groups in total. The van der Waals surface area contributed by atoms with E-state index in [9.17, 15) is 17.6 Å². The maximum atomic E-state index is 13.8. The van der Waals surface area contributed by atoms with Gasteiger partial charge in [-0.3, -0.25) is 0 Å². The van der Waals surface area contributed by atoms with Crippen molar-refractivity contribution in [1.82, 2.24) is 0 Å². The second kappa shape index (κ2) is 3.09. The highest BCUT2D eigenvalue weighted by atomic mass is 19.3. The molecule has 0 saturated heterocycles. The first-order chi connectivity index (χ1) is 7.29. The molecule has 0 aromatic heterocycles. The predicted molar refractivity (Wildman–Crippen MR) is 52.6 cm³/mol. The van der Waals surface area contributed by atoms with Gasteiger partial charge in [-0.05, 0) is 13.8 Å². The summed E-state index contributed by atoms with van der Waals surface area (Å²) in [5.74, 6) is -6.61. The van der Waals surface area contributed by atoms with E-state index >= 15 is 0 Å². The van der Waals surface area contributed by atoms with Crippen molar-refractivity contribution in [1.29, 1.82) is 0 Å². The summed E-state index contributed by atoms with van der Waals surface area (Å²) >= 11 is 0. The van der Waals surface area contributed by atoms with Gasteiger partial charge in [-0.1, -0.05) is 24.3 Å². The number of benzene rings is 1. The molecule has 0 heterocycles. The van der Waals surface area contributed by atoms with Gasteiger partial charge in [0.15, 0.2) is 0 Å². The van der Waals surface area contributed by atoms with Crippen molar-refractivity contribution in [2.24, 2.45) is 0 Å². The second-order valence-electron chi connectivity index (χ2n) is 3.94. The van der Waals surface area contributed by atoms with Crippen LogP contribution in [0, 0.1) is 0 Å². The van der Waals surface area contributed by atoms with Gasteiger partial charge in [-0.25, -0.2) is 0 Å². The molecule has 0 spiro atoms. The molecule has 0 saturated carbocycles. The van der Waals surface area contributed by atoms with Crippen LogP contribution in [-0.2, 0) is 11.8 Å². The fraction of sp³-hybridized carbons (Fsp3) is 0.333. The Morgan fingerprint density at radius 1 is 0.750 bits per heavy atom. The Hall–Kier alpha value is -1.32. The third-order valence-electron chi connectivity index (χ3n) is 3.11. The molecule has 1 aromatic carbocycles. The highest BCUT2D eigenvalue weighted by Crippen LogP contribution is 2.52. The number of hydrogen-bond acceptors (Lipinski definition) is 0. The zero-order chi connectivity index (χ0) is 12.1. The molecule has 0 radical (unpaired) electrons. The number of alkyl halides is 4. The smallest absolute Gasteiger partial charge is 0.196 e. The Kier molecular flexibility index (Phi) is 2.16. The Bertz CT molecular complexity index is 429. The SMILES string of the molecule is CC1=C(C)C(F)(F)c2ccccc2C1(F)F. The monoisotopic (exact) mass is 230 g/mol. The van der Waals surface area contributed by atoms with Crippen LogP contribution in [0.4, 0.5) is 17.6 Å². The van der Waals surface area contributed by atoms with Crippen LogP contribution in [0.1, 0.15) is 25.0 Å². The highest BCUT2D eigenvalue weighted by molar-refractivity contribution is 5.48. The van der Waals surface area contributed by atoms with E-state index in [1.165, 1.54) is 12.1 Å². The van der Waals surface area contributed by atoms with Gasteiger partial charge < -0.3 is 0 Å². The van der Waals surface area contributed by atoms with Crippen molar-refractivity contribution in [3.05, 3.63) is 46.5 Å². The summed E-state index contributed by atoms with van der Waals surface area (Å²) in [7, 11) is 0. The Labute approximate surface area is 90.6 Å². The zero-order valence-corrected chi connectivity index (χ0v) is 8.82. The lowest BCUT2D eigenvalue weighted by Gasteiger charge is -2.33. The van der Waals surface area contributed by atoms with Gasteiger partial charge >= 0.3 is 0 Å². The molecule has 1 aliphatic rings. The van der Waals surface area contributed by atoms with Gasteiger partial charge in [0, 0.05) is 22.3 Å². The van der Waals surface area contributed by atoms with Crippen LogP contribution in [-0.4, -0.2) is 0 Å². The molecule has 1 aliphatic carbocycles. The quantitative estimate of drug-likeness (QED) is 0.462. The average molecular weight is 230 g/mol. The summed E-state index contributed by atoms with van der Waals surface area (Å²) in [5.41, 5.74) is -2.31. The molecular weight excluding hydrogens is 220 g/mol. The topological polar surface area (TPSA) is 0 Å². The lowest BCUT2D eigenvalue weighted by molar-refractivity contribution is -0.0153. The lowest BCUT2D eigenvalue weighted by atomic mass is 9.82. The van der Waals surface area contributed by atoms with Crippen LogP contribution in [0.25, 0.3) is 0 Å². The molecule has 1 aromatic rings. The molecule has 0 bridgehead atoms. The minimum atomic E-state index is -3.30. The van der Waals surface area contributed by atoms with Crippen LogP contribution in [0.3, 0.4) is 0 Å². The Balaban J connectivity index is 2.80. The van der Waals surface area contributed by atoms with Gasteiger partial charge in [0.05, 0.1) is 0 Å². The van der Waals surface area contributed by atoms with E-state index in [4.69, 9.17) is 0 Å². The van der Waals surface area contributed by atoms with Crippen molar-refractivity contribution in [3.8, 4) is 0 Å². The molecule has 0 nitrogen and oxygen atoms in total. The van der Waals surface area contributed by atoms with E-state index in [0.29, 0.717) is 0 Å². The van der Waals surface area contributed by atoms with Gasteiger partial charge in [0.2, 0.25) is 0 Å². The summed E-state index contributed by atoms with van der Waals surface area (Å²) < 4.78 is 55.2. The molecule has 0 amide bonds. The maximum Gasteiger partial charge on any atom is 0.295 e. The normalized spacial score (nSPS) is 21.9. The molecular formula is C12H10F4. The molecule has 86 valence electrons. The van der Waals surface area contributed by atoms with E-state index in [-0.39, 0.29) is 0 Å². The summed E-state index contributed by atoms with van der Waals surface area (Å²) in [5, 5.41) is 0. The standard InChI is InChI=1S/C12H10F4/c1-7-8(2)12(15,16)10-6-4-3-5-9(10)11(7,13)14/h3-6H,1-2H3. The van der Waals surface area contributed by atoms with Crippen molar-refractivity contribution >= 4 is 0 Å². The highest BCUT2D eigenvalue weighted by Gasteiger charge is 2.51. The fourth-order valence-electron chi connectivity index (χ4n) is 1.91. The van der Waals surface area contributed by atoms with Crippen LogP contribution in [0.2, 0.25) is 0 Å². The molecule has 0 aliphatic heterocycles. The molecule has 2 rings (SSSR count). The molecule has 0 atom stereocenters. The number of rotatable bonds is 0. The van der Waals surface area contributed by atoms with E-state index in [2.05, 4.69) is 0 Å². The Morgan fingerprint density at radius 3 is 1.38 bits per heavy atom. The first-order valence-corrected chi connectivity index (χ1v) is 4.83. The minimum absolute atomic E-state index is 0.559. The number of halogens is 4. The summed E-state index contributed by atoms with van der Waals surface area (Å²) in [6.07, 6.45) is 0. The molecule has 0 fully saturated rings. The fourth-order valence-corrected chi connectivity index (χ4v) is 1.91. The third kappa shape index (κ3) is 1.22. The summed E-state index contributed by atoms with van der Waals surface area (Å²) in [6.45, 7) is 2.11. The average Bonchev–Trinajstić information content (AvgIpc) is 2.25. The van der Waals surface area contributed by atoms with Crippen molar-refractivity contribution in [3.63, 3.8) is 0 Å². The van der Waals surface area contributed by atoms with Crippen molar-refractivity contribution < 1.29 is 17.6 Å². The van der Waals surface area contributed by atoms with Crippen molar-refractivity contribution in [2.75, 3.05) is 0 Å². The first-order valence-electron chi connectivity index (χ1n) is 4.83. The van der Waals surface area contributed by atoms with Gasteiger partial charge in [-0.15, -0.1) is 0 Å². The lowest BCUT2D eigenvalue weighted by Crippen LogP contribution is -2.32. The zero-order valence-electron chi connectivity index (χ0n) is 8.82. The van der Waals surface area contributed by atoms with Crippen LogP contribution in [0.15, 0.2) is 35.4 Å². The Morgan fingerprint density at radius 2 is 1.06 bits per heavy atom. The third-order valence-corrected chi connectivity index (χ3v) is 3.11. The number of hydrogen-bond donors (Lipinski definition) is 0. The van der Waals surface area contributed by atoms with Gasteiger partial charge in [-0.2, -0.15) is 17.6 Å². The molecule has 16 heavy (non-hydrogen) atoms. The largest absolute Gasteiger partial charge is 0.295 e. The summed E-state index contributed by atoms with van der Waals surface area (Å²) in [6, 6.07) is 4.80. The molecule has 4 heteroatoms. The van der Waals surface area contributed by atoms with E-state index in [0.717, 1.165) is 26.0 Å².